The Hall–Kier alpha value is -2.16. The third-order valence-electron chi connectivity index (χ3n) is 4.64. The zero-order valence-corrected chi connectivity index (χ0v) is 14.8. The molecule has 2 fully saturated rings. The molecule has 0 radical (unpaired) electrons. The van der Waals surface area contributed by atoms with Crippen molar-refractivity contribution in [3.63, 3.8) is 0 Å². The van der Waals surface area contributed by atoms with Gasteiger partial charge in [0, 0.05) is 43.0 Å². The van der Waals surface area contributed by atoms with Gasteiger partial charge in [0.05, 0.1) is 6.54 Å². The monoisotopic (exact) mass is 365 g/mol. The van der Waals surface area contributed by atoms with Crippen molar-refractivity contribution in [2.75, 3.05) is 25.0 Å². The topological polar surface area (TPSA) is 103 Å². The smallest absolute Gasteiger partial charge is 0.315 e. The van der Waals surface area contributed by atoms with Crippen LogP contribution in [0.4, 0.5) is 9.93 Å². The van der Waals surface area contributed by atoms with E-state index in [0.717, 1.165) is 12.8 Å². The van der Waals surface area contributed by atoms with Crippen LogP contribution in [0.15, 0.2) is 11.6 Å². The highest BCUT2D eigenvalue weighted by Gasteiger charge is 2.35. The Morgan fingerprint density at radius 2 is 2.08 bits per heavy atom. The normalized spacial score (nSPS) is 20.7. The van der Waals surface area contributed by atoms with Crippen LogP contribution in [0.25, 0.3) is 0 Å². The summed E-state index contributed by atoms with van der Waals surface area (Å²) in [4.78, 5) is 41.5. The number of hydrogen-bond acceptors (Lipinski definition) is 5. The molecule has 0 spiro atoms. The van der Waals surface area contributed by atoms with Gasteiger partial charge in [0.15, 0.2) is 5.13 Å². The van der Waals surface area contributed by atoms with Gasteiger partial charge in [-0.2, -0.15) is 0 Å². The highest BCUT2D eigenvalue weighted by atomic mass is 32.1. The van der Waals surface area contributed by atoms with E-state index in [-0.39, 0.29) is 24.3 Å². The summed E-state index contributed by atoms with van der Waals surface area (Å²) in [6.45, 7) is 1.03. The molecule has 8 nitrogen and oxygen atoms in total. The Bertz CT molecular complexity index is 615. The molecule has 0 bridgehead atoms. The van der Waals surface area contributed by atoms with Crippen LogP contribution in [-0.2, 0) is 9.59 Å². The molecule has 2 heterocycles. The number of amides is 4. The number of urea groups is 1. The van der Waals surface area contributed by atoms with Crippen molar-refractivity contribution < 1.29 is 14.4 Å². The number of likely N-dealkylation sites (tertiary alicyclic amines) is 1. The van der Waals surface area contributed by atoms with Gasteiger partial charge in [-0.25, -0.2) is 9.78 Å². The third kappa shape index (κ3) is 4.91. The molecule has 1 aliphatic carbocycles. The molecule has 3 N–H and O–H groups in total. The predicted octanol–water partition coefficient (Wildman–Crippen LogP) is 1.17. The summed E-state index contributed by atoms with van der Waals surface area (Å²) in [5.74, 6) is 0.0125. The number of rotatable bonds is 6. The molecule has 4 amide bonds. The third-order valence-corrected chi connectivity index (χ3v) is 5.33. The lowest BCUT2D eigenvalue weighted by molar-refractivity contribution is -0.129. The molecule has 1 saturated carbocycles. The zero-order chi connectivity index (χ0) is 17.6. The molecule has 2 aliphatic rings. The lowest BCUT2D eigenvalue weighted by atomic mass is 10.1. The van der Waals surface area contributed by atoms with Crippen LogP contribution in [0, 0.1) is 5.92 Å². The van der Waals surface area contributed by atoms with Crippen LogP contribution in [0.5, 0.6) is 0 Å². The van der Waals surface area contributed by atoms with E-state index >= 15 is 0 Å². The zero-order valence-electron chi connectivity index (χ0n) is 14.0. The van der Waals surface area contributed by atoms with Crippen LogP contribution in [0.1, 0.15) is 32.1 Å². The minimum absolute atomic E-state index is 0.122. The van der Waals surface area contributed by atoms with Crippen molar-refractivity contribution in [3.8, 4) is 0 Å². The van der Waals surface area contributed by atoms with E-state index in [1.54, 1.807) is 11.6 Å². The first-order valence-electron chi connectivity index (χ1n) is 8.62. The van der Waals surface area contributed by atoms with Crippen molar-refractivity contribution in [2.45, 2.75) is 38.1 Å². The van der Waals surface area contributed by atoms with Gasteiger partial charge in [0.2, 0.25) is 11.8 Å². The van der Waals surface area contributed by atoms with Crippen LogP contribution in [-0.4, -0.2) is 53.4 Å². The van der Waals surface area contributed by atoms with Gasteiger partial charge in [-0.05, 0) is 12.8 Å². The summed E-state index contributed by atoms with van der Waals surface area (Å²) in [7, 11) is 0. The number of hydrogen-bond donors (Lipinski definition) is 3. The van der Waals surface area contributed by atoms with Gasteiger partial charge >= 0.3 is 6.03 Å². The van der Waals surface area contributed by atoms with Crippen molar-refractivity contribution in [2.24, 2.45) is 5.92 Å². The van der Waals surface area contributed by atoms with E-state index in [9.17, 15) is 14.4 Å². The number of carbonyl (C=O) groups excluding carboxylic acids is 3. The molecule has 0 aromatic carbocycles. The van der Waals surface area contributed by atoms with Gasteiger partial charge < -0.3 is 20.9 Å². The number of thiazole rings is 1. The summed E-state index contributed by atoms with van der Waals surface area (Å²) in [5, 5.41) is 10.1. The first-order valence-corrected chi connectivity index (χ1v) is 9.50. The van der Waals surface area contributed by atoms with Crippen LogP contribution < -0.4 is 16.0 Å². The minimum Gasteiger partial charge on any atom is -0.339 e. The van der Waals surface area contributed by atoms with Gasteiger partial charge in [-0.1, -0.05) is 12.8 Å². The maximum atomic E-state index is 12.1. The first-order chi connectivity index (χ1) is 12.1. The Balaban J connectivity index is 1.33. The number of nitrogens with one attached hydrogen (secondary N) is 3. The highest BCUT2D eigenvalue weighted by Crippen LogP contribution is 2.29. The molecule has 0 unspecified atom stereocenters. The van der Waals surface area contributed by atoms with Crippen molar-refractivity contribution in [1.82, 2.24) is 20.5 Å². The van der Waals surface area contributed by atoms with Crippen LogP contribution in [0.3, 0.4) is 0 Å². The molecule has 1 atom stereocenters. The number of aromatic nitrogens is 1. The second kappa shape index (κ2) is 8.28. The average molecular weight is 365 g/mol. The van der Waals surface area contributed by atoms with Gasteiger partial charge in [0.1, 0.15) is 0 Å². The molecule has 3 rings (SSSR count). The Labute approximate surface area is 150 Å². The van der Waals surface area contributed by atoms with Crippen molar-refractivity contribution >= 4 is 34.3 Å². The van der Waals surface area contributed by atoms with Gasteiger partial charge in [-0.3, -0.25) is 9.59 Å². The standard InChI is InChI=1S/C16H23N5O3S/c22-13(20-16-17-5-6-25-16)9-19-15(24)18-8-11-7-14(23)21(10-11)12-3-1-2-4-12/h5-6,11-12H,1-4,7-10H2,(H,17,20,22)(H2,18,19,24)/t11-/m0/s1. The minimum atomic E-state index is -0.402. The van der Waals surface area contributed by atoms with E-state index in [1.165, 1.54) is 24.2 Å². The Morgan fingerprint density at radius 1 is 1.28 bits per heavy atom. The summed E-state index contributed by atoms with van der Waals surface area (Å²) < 4.78 is 0. The van der Waals surface area contributed by atoms with Crippen molar-refractivity contribution in [3.05, 3.63) is 11.6 Å². The van der Waals surface area contributed by atoms with E-state index < -0.39 is 6.03 Å². The second-order valence-electron chi connectivity index (χ2n) is 6.50. The Morgan fingerprint density at radius 3 is 2.80 bits per heavy atom. The summed E-state index contributed by atoms with van der Waals surface area (Å²) in [6.07, 6.45) is 6.67. The maximum absolute atomic E-state index is 12.1. The van der Waals surface area contributed by atoms with Gasteiger partial charge in [-0.15, -0.1) is 11.3 Å². The molecule has 1 saturated heterocycles. The van der Waals surface area contributed by atoms with Crippen molar-refractivity contribution in [1.29, 1.82) is 0 Å². The van der Waals surface area contributed by atoms with E-state index in [1.807, 2.05) is 4.90 Å². The lowest BCUT2D eigenvalue weighted by Crippen LogP contribution is -2.42. The fraction of sp³-hybridized carbons (Fsp3) is 0.625. The predicted molar refractivity (Wildman–Crippen MR) is 94.2 cm³/mol. The number of anilines is 1. The number of nitrogens with zero attached hydrogens (tertiary/aromatic N) is 2. The fourth-order valence-corrected chi connectivity index (χ4v) is 3.97. The average Bonchev–Trinajstić information content (AvgIpc) is 3.32. The SMILES string of the molecule is O=C(CNC(=O)NC[C@@H]1CC(=O)N(C2CCCC2)C1)Nc1nccs1. The maximum Gasteiger partial charge on any atom is 0.315 e. The van der Waals surface area contributed by atoms with E-state index in [2.05, 4.69) is 20.9 Å². The second-order valence-corrected chi connectivity index (χ2v) is 7.40. The summed E-state index contributed by atoms with van der Waals surface area (Å²) >= 11 is 1.32. The quantitative estimate of drug-likeness (QED) is 0.704. The van der Waals surface area contributed by atoms with Crippen LogP contribution in [0.2, 0.25) is 0 Å². The first kappa shape index (κ1) is 17.7. The van der Waals surface area contributed by atoms with E-state index in [0.29, 0.717) is 30.7 Å². The fourth-order valence-electron chi connectivity index (χ4n) is 3.42. The Kier molecular flexibility index (Phi) is 5.85. The number of carbonyl (C=O) groups is 3. The molecule has 9 heteroatoms. The van der Waals surface area contributed by atoms with Gasteiger partial charge in [0.25, 0.3) is 0 Å². The lowest BCUT2D eigenvalue weighted by Gasteiger charge is -2.24. The molecule has 1 aromatic heterocycles. The molecular weight excluding hydrogens is 342 g/mol. The van der Waals surface area contributed by atoms with Crippen LogP contribution >= 0.6 is 11.3 Å². The summed E-state index contributed by atoms with van der Waals surface area (Å²) in [5.41, 5.74) is 0. The summed E-state index contributed by atoms with van der Waals surface area (Å²) in [6, 6.07) is -0.0121. The highest BCUT2D eigenvalue weighted by molar-refractivity contribution is 7.13. The molecule has 1 aliphatic heterocycles. The largest absolute Gasteiger partial charge is 0.339 e. The molecule has 136 valence electrons. The molecular formula is C16H23N5O3S. The molecule has 25 heavy (non-hydrogen) atoms. The van der Waals surface area contributed by atoms with E-state index in [4.69, 9.17) is 0 Å². The molecule has 1 aromatic rings.